The number of aromatic nitrogens is 2. The maximum Gasteiger partial charge on any atom is 0.0719 e. The molecule has 0 radical (unpaired) electrons. The summed E-state index contributed by atoms with van der Waals surface area (Å²) >= 11 is 1.98. The van der Waals surface area contributed by atoms with Crippen LogP contribution in [0.15, 0.2) is 18.2 Å². The smallest absolute Gasteiger partial charge is 0.0719 e. The molecule has 0 spiro atoms. The van der Waals surface area contributed by atoms with E-state index in [4.69, 9.17) is 0 Å². The number of H-pyrrole nitrogens is 1. The number of aromatic amines is 1. The van der Waals surface area contributed by atoms with Gasteiger partial charge in [0.1, 0.15) is 0 Å². The Morgan fingerprint density at radius 2 is 2.35 bits per heavy atom. The number of likely N-dealkylation sites (tertiary alicyclic amines) is 1. The third kappa shape index (κ3) is 1.81. The third-order valence-corrected chi connectivity index (χ3v) is 5.87. The molecule has 1 aromatic carbocycles. The highest BCUT2D eigenvalue weighted by Crippen LogP contribution is 2.43. The summed E-state index contributed by atoms with van der Waals surface area (Å²) in [5, 5.41) is 9.17. The summed E-state index contributed by atoms with van der Waals surface area (Å²) in [6, 6.07) is 7.30. The fraction of sp³-hybridized carbons (Fsp3) is 0.562. The van der Waals surface area contributed by atoms with Crippen molar-refractivity contribution in [1.82, 2.24) is 15.1 Å². The van der Waals surface area contributed by atoms with E-state index in [2.05, 4.69) is 46.6 Å². The van der Waals surface area contributed by atoms with Gasteiger partial charge in [-0.3, -0.25) is 5.10 Å². The van der Waals surface area contributed by atoms with E-state index < -0.39 is 0 Å². The number of nitrogens with one attached hydrogen (secondary N) is 1. The van der Waals surface area contributed by atoms with Gasteiger partial charge in [-0.15, -0.1) is 0 Å². The zero-order chi connectivity index (χ0) is 13.7. The average molecular weight is 287 g/mol. The number of hydrogen-bond acceptors (Lipinski definition) is 3. The van der Waals surface area contributed by atoms with E-state index >= 15 is 0 Å². The highest BCUT2D eigenvalue weighted by Gasteiger charge is 2.39. The summed E-state index contributed by atoms with van der Waals surface area (Å²) in [4.78, 5) is 2.57. The summed E-state index contributed by atoms with van der Waals surface area (Å²) in [6.07, 6.45) is 4.66. The van der Waals surface area contributed by atoms with Gasteiger partial charge in [-0.1, -0.05) is 12.1 Å². The lowest BCUT2D eigenvalue weighted by atomic mass is 9.73. The van der Waals surface area contributed by atoms with Crippen molar-refractivity contribution < 1.29 is 0 Å². The second-order valence-electron chi connectivity index (χ2n) is 6.31. The van der Waals surface area contributed by atoms with Crippen LogP contribution in [-0.2, 0) is 6.42 Å². The lowest BCUT2D eigenvalue weighted by Crippen LogP contribution is -2.48. The Labute approximate surface area is 124 Å². The normalized spacial score (nSPS) is 29.6. The first-order chi connectivity index (χ1) is 9.78. The fourth-order valence-electron chi connectivity index (χ4n) is 4.25. The summed E-state index contributed by atoms with van der Waals surface area (Å²) in [5.41, 5.74) is 4.01. The molecule has 1 aromatic heterocycles. The number of benzene rings is 1. The molecule has 1 saturated heterocycles. The van der Waals surface area contributed by atoms with Gasteiger partial charge in [-0.2, -0.15) is 16.9 Å². The second kappa shape index (κ2) is 4.78. The van der Waals surface area contributed by atoms with Crippen LogP contribution in [0.25, 0.3) is 10.9 Å². The molecule has 0 saturated carbocycles. The summed E-state index contributed by atoms with van der Waals surface area (Å²) in [5.74, 6) is 2.78. The third-order valence-electron chi connectivity index (χ3n) is 5.06. The monoisotopic (exact) mass is 287 g/mol. The molecule has 3 atom stereocenters. The molecule has 4 rings (SSSR count). The molecule has 2 heterocycles. The van der Waals surface area contributed by atoms with Crippen molar-refractivity contribution in [1.29, 1.82) is 0 Å². The van der Waals surface area contributed by atoms with Crippen molar-refractivity contribution in [2.75, 3.05) is 25.6 Å². The number of hydrogen-bond donors (Lipinski definition) is 1. The summed E-state index contributed by atoms with van der Waals surface area (Å²) in [7, 11) is 2.29. The van der Waals surface area contributed by atoms with Crippen LogP contribution in [0, 0.1) is 5.92 Å². The van der Waals surface area contributed by atoms with Gasteiger partial charge in [0, 0.05) is 30.3 Å². The lowest BCUT2D eigenvalue weighted by Gasteiger charge is -2.45. The zero-order valence-electron chi connectivity index (χ0n) is 12.1. The van der Waals surface area contributed by atoms with E-state index in [1.165, 1.54) is 40.9 Å². The minimum absolute atomic E-state index is 0.634. The van der Waals surface area contributed by atoms with E-state index in [1.54, 1.807) is 0 Å². The minimum atomic E-state index is 0.634. The van der Waals surface area contributed by atoms with Crippen LogP contribution in [0.2, 0.25) is 0 Å². The topological polar surface area (TPSA) is 31.9 Å². The fourth-order valence-corrected chi connectivity index (χ4v) is 4.97. The van der Waals surface area contributed by atoms with Crippen molar-refractivity contribution >= 4 is 22.7 Å². The maximum absolute atomic E-state index is 4.55. The predicted molar refractivity (Wildman–Crippen MR) is 85.4 cm³/mol. The molecule has 106 valence electrons. The van der Waals surface area contributed by atoms with Gasteiger partial charge in [-0.25, -0.2) is 0 Å². The van der Waals surface area contributed by atoms with Crippen LogP contribution in [0.4, 0.5) is 0 Å². The molecule has 2 aliphatic rings. The van der Waals surface area contributed by atoms with Gasteiger partial charge in [0.15, 0.2) is 0 Å². The van der Waals surface area contributed by atoms with Gasteiger partial charge in [0.05, 0.1) is 11.2 Å². The molecule has 1 aliphatic heterocycles. The van der Waals surface area contributed by atoms with Gasteiger partial charge in [0.25, 0.3) is 0 Å². The van der Waals surface area contributed by atoms with Crippen molar-refractivity contribution in [2.24, 2.45) is 5.92 Å². The molecule has 2 aromatic rings. The van der Waals surface area contributed by atoms with E-state index in [0.717, 1.165) is 12.3 Å². The van der Waals surface area contributed by atoms with E-state index in [0.29, 0.717) is 12.0 Å². The number of rotatable bonds is 2. The molecule has 1 unspecified atom stereocenters. The molecule has 1 fully saturated rings. The van der Waals surface area contributed by atoms with Gasteiger partial charge >= 0.3 is 0 Å². The highest BCUT2D eigenvalue weighted by molar-refractivity contribution is 7.98. The number of nitrogens with zero attached hydrogens (tertiary/aromatic N) is 2. The molecule has 1 aliphatic carbocycles. The van der Waals surface area contributed by atoms with Crippen LogP contribution in [0.1, 0.15) is 23.6 Å². The second-order valence-corrected chi connectivity index (χ2v) is 7.23. The SMILES string of the molecule is CSCC1C[C@@H]2c3cccc4[nH]nc(c34)C[C@H]2N(C)C1. The Morgan fingerprint density at radius 1 is 1.45 bits per heavy atom. The van der Waals surface area contributed by atoms with Gasteiger partial charge in [-0.05, 0) is 43.0 Å². The predicted octanol–water partition coefficient (Wildman–Crippen LogP) is 2.89. The maximum atomic E-state index is 4.55. The Morgan fingerprint density at radius 3 is 3.20 bits per heavy atom. The van der Waals surface area contributed by atoms with E-state index in [-0.39, 0.29) is 0 Å². The first-order valence-electron chi connectivity index (χ1n) is 7.43. The molecule has 3 nitrogen and oxygen atoms in total. The largest absolute Gasteiger partial charge is 0.302 e. The molecule has 0 amide bonds. The Balaban J connectivity index is 1.79. The van der Waals surface area contributed by atoms with Crippen LogP contribution >= 0.6 is 11.8 Å². The van der Waals surface area contributed by atoms with Crippen molar-refractivity contribution in [3.63, 3.8) is 0 Å². The lowest BCUT2D eigenvalue weighted by molar-refractivity contribution is 0.120. The van der Waals surface area contributed by atoms with E-state index in [1.807, 2.05) is 11.8 Å². The Kier molecular flexibility index (Phi) is 3.04. The van der Waals surface area contributed by atoms with Crippen LogP contribution in [-0.4, -0.2) is 46.7 Å². The summed E-state index contributed by atoms with van der Waals surface area (Å²) < 4.78 is 0. The Hall–Kier alpha value is -1.00. The number of fused-ring (bicyclic) bond motifs is 2. The summed E-state index contributed by atoms with van der Waals surface area (Å²) in [6.45, 7) is 1.23. The average Bonchev–Trinajstić information content (AvgIpc) is 2.86. The van der Waals surface area contributed by atoms with Crippen LogP contribution < -0.4 is 0 Å². The molecule has 4 heteroatoms. The van der Waals surface area contributed by atoms with Crippen molar-refractivity contribution in [3.05, 3.63) is 29.5 Å². The molecule has 1 N–H and O–H groups in total. The minimum Gasteiger partial charge on any atom is -0.302 e. The first kappa shape index (κ1) is 12.7. The van der Waals surface area contributed by atoms with E-state index in [9.17, 15) is 0 Å². The zero-order valence-corrected chi connectivity index (χ0v) is 12.9. The van der Waals surface area contributed by atoms with Crippen molar-refractivity contribution in [3.8, 4) is 0 Å². The molecular weight excluding hydrogens is 266 g/mol. The highest BCUT2D eigenvalue weighted by atomic mass is 32.2. The quantitative estimate of drug-likeness (QED) is 0.921. The standard InChI is InChI=1S/C16H21N3S/c1-19-8-10(9-20-2)6-12-11-4-3-5-13-16(11)14(18-17-13)7-15(12)19/h3-5,10,12,15H,6-9H2,1-2H3,(H,17,18)/t10?,12-,15-/m1/s1. The van der Waals surface area contributed by atoms with Crippen LogP contribution in [0.5, 0.6) is 0 Å². The van der Waals surface area contributed by atoms with Crippen molar-refractivity contribution in [2.45, 2.75) is 24.8 Å². The molecular formula is C16H21N3S. The first-order valence-corrected chi connectivity index (χ1v) is 8.82. The number of likely N-dealkylation sites (N-methyl/N-ethyl adjacent to an activating group) is 1. The van der Waals surface area contributed by atoms with Gasteiger partial charge < -0.3 is 4.90 Å². The number of piperidine rings is 1. The molecule has 20 heavy (non-hydrogen) atoms. The number of thioether (sulfide) groups is 1. The molecule has 0 bridgehead atoms. The Bertz CT molecular complexity index is 636. The van der Waals surface area contributed by atoms with Crippen LogP contribution in [0.3, 0.4) is 0 Å². The van der Waals surface area contributed by atoms with Gasteiger partial charge in [0.2, 0.25) is 0 Å².